The summed E-state index contributed by atoms with van der Waals surface area (Å²) < 4.78 is 39.6. The van der Waals surface area contributed by atoms with Crippen molar-refractivity contribution >= 4 is 28.3 Å². The summed E-state index contributed by atoms with van der Waals surface area (Å²) in [6, 6.07) is 8.60. The molecule has 0 spiro atoms. The Morgan fingerprint density at radius 2 is 2.00 bits per heavy atom. The van der Waals surface area contributed by atoms with Crippen LogP contribution in [-0.2, 0) is 6.18 Å². The van der Waals surface area contributed by atoms with Gasteiger partial charge >= 0.3 is 6.18 Å². The van der Waals surface area contributed by atoms with Gasteiger partial charge in [-0.25, -0.2) is 9.97 Å². The number of aromatic nitrogens is 2. The molecule has 1 fully saturated rings. The fourth-order valence-corrected chi connectivity index (χ4v) is 3.94. The van der Waals surface area contributed by atoms with Crippen LogP contribution in [0.15, 0.2) is 42.6 Å². The molecule has 0 saturated carbocycles. The number of alkyl halides is 3. The number of aryl methyl sites for hydroxylation is 1. The fourth-order valence-electron chi connectivity index (χ4n) is 3.94. The average Bonchev–Trinajstić information content (AvgIpc) is 2.73. The number of carbonyl (C=O) groups excluding carboxylic acids is 1. The molecule has 4 rings (SSSR count). The lowest BCUT2D eigenvalue weighted by Crippen LogP contribution is -2.42. The second-order valence-electron chi connectivity index (χ2n) is 7.92. The number of anilines is 2. The highest BCUT2D eigenvalue weighted by Gasteiger charge is 2.31. The number of benzene rings is 1. The number of hydrogen-bond donors (Lipinski definition) is 1. The van der Waals surface area contributed by atoms with Crippen LogP contribution in [0.5, 0.6) is 0 Å². The van der Waals surface area contributed by atoms with Gasteiger partial charge in [0.1, 0.15) is 0 Å². The standard InChI is InChI=1S/C23H23F3N4O/c1-14-9-10-18-20(29-17-8-5-7-16(12-17)23(24,25)26)19(13-27-21(18)28-14)22(31)30-11-4-3-6-15(30)2/h5,7-10,12-13,15H,3-4,6,11H2,1-2H3,(H,27,28,29)/t15-/m1/s1. The first kappa shape index (κ1) is 21.1. The molecule has 3 aromatic rings. The minimum atomic E-state index is -4.46. The molecule has 162 valence electrons. The first-order valence-electron chi connectivity index (χ1n) is 10.3. The van der Waals surface area contributed by atoms with Crippen LogP contribution < -0.4 is 5.32 Å². The first-order chi connectivity index (χ1) is 14.7. The van der Waals surface area contributed by atoms with Crippen LogP contribution >= 0.6 is 0 Å². The molecule has 5 nitrogen and oxygen atoms in total. The van der Waals surface area contributed by atoms with Gasteiger partial charge in [-0.1, -0.05) is 6.07 Å². The van der Waals surface area contributed by atoms with Gasteiger partial charge in [0.05, 0.1) is 16.8 Å². The third-order valence-corrected chi connectivity index (χ3v) is 5.62. The van der Waals surface area contributed by atoms with Gasteiger partial charge in [0, 0.05) is 35.6 Å². The molecule has 0 bridgehead atoms. The number of carbonyl (C=O) groups is 1. The third-order valence-electron chi connectivity index (χ3n) is 5.62. The molecule has 1 aliphatic heterocycles. The number of piperidine rings is 1. The number of amides is 1. The number of nitrogens with one attached hydrogen (secondary N) is 1. The minimum Gasteiger partial charge on any atom is -0.354 e. The summed E-state index contributed by atoms with van der Waals surface area (Å²) in [7, 11) is 0. The van der Waals surface area contributed by atoms with E-state index in [1.807, 2.05) is 18.7 Å². The number of hydrogen-bond acceptors (Lipinski definition) is 4. The van der Waals surface area contributed by atoms with Crippen molar-refractivity contribution in [1.29, 1.82) is 0 Å². The van der Waals surface area contributed by atoms with Crippen LogP contribution in [0.2, 0.25) is 0 Å². The number of rotatable bonds is 3. The van der Waals surface area contributed by atoms with Gasteiger partial charge in [-0.3, -0.25) is 4.79 Å². The first-order valence-corrected chi connectivity index (χ1v) is 10.3. The van der Waals surface area contributed by atoms with E-state index in [4.69, 9.17) is 0 Å². The number of pyridine rings is 2. The van der Waals surface area contributed by atoms with Crippen molar-refractivity contribution in [1.82, 2.24) is 14.9 Å². The van der Waals surface area contributed by atoms with E-state index in [1.165, 1.54) is 12.3 Å². The molecular weight excluding hydrogens is 405 g/mol. The second kappa shape index (κ2) is 8.17. The lowest BCUT2D eigenvalue weighted by atomic mass is 10.0. The highest BCUT2D eigenvalue weighted by Crippen LogP contribution is 2.34. The molecular formula is C23H23F3N4O. The van der Waals surface area contributed by atoms with E-state index in [0.29, 0.717) is 28.8 Å². The molecule has 0 unspecified atom stereocenters. The smallest absolute Gasteiger partial charge is 0.354 e. The van der Waals surface area contributed by atoms with Gasteiger partial charge in [-0.2, -0.15) is 13.2 Å². The lowest BCUT2D eigenvalue weighted by Gasteiger charge is -2.34. The van der Waals surface area contributed by atoms with Crippen molar-refractivity contribution in [3.8, 4) is 0 Å². The van der Waals surface area contributed by atoms with Crippen LogP contribution in [0.25, 0.3) is 11.0 Å². The summed E-state index contributed by atoms with van der Waals surface area (Å²) in [6.45, 7) is 4.49. The molecule has 1 saturated heterocycles. The Bertz CT molecular complexity index is 1130. The molecule has 1 aromatic carbocycles. The number of nitrogens with zero attached hydrogens (tertiary/aromatic N) is 3. The number of fused-ring (bicyclic) bond motifs is 1. The fraction of sp³-hybridized carbons (Fsp3) is 0.348. The van der Waals surface area contributed by atoms with Crippen molar-refractivity contribution < 1.29 is 18.0 Å². The topological polar surface area (TPSA) is 58.1 Å². The molecule has 31 heavy (non-hydrogen) atoms. The van der Waals surface area contributed by atoms with Gasteiger partial charge in [0.15, 0.2) is 5.65 Å². The summed E-state index contributed by atoms with van der Waals surface area (Å²) in [5.74, 6) is -0.184. The van der Waals surface area contributed by atoms with Crippen molar-refractivity contribution in [2.45, 2.75) is 45.3 Å². The van der Waals surface area contributed by atoms with Gasteiger partial charge in [-0.05, 0) is 63.4 Å². The summed E-state index contributed by atoms with van der Waals surface area (Å²) in [4.78, 5) is 24.0. The molecule has 0 aliphatic carbocycles. The quantitative estimate of drug-likeness (QED) is 0.580. The Morgan fingerprint density at radius 3 is 2.74 bits per heavy atom. The normalized spacial score (nSPS) is 17.1. The Hall–Kier alpha value is -3.16. The molecule has 8 heteroatoms. The number of halogens is 3. The number of likely N-dealkylation sites (tertiary alicyclic amines) is 1. The predicted octanol–water partition coefficient (Wildman–Crippen LogP) is 5.72. The van der Waals surface area contributed by atoms with E-state index in [9.17, 15) is 18.0 Å². The van der Waals surface area contributed by atoms with Crippen molar-refractivity contribution in [3.63, 3.8) is 0 Å². The van der Waals surface area contributed by atoms with Gasteiger partial charge in [-0.15, -0.1) is 0 Å². The van der Waals surface area contributed by atoms with Gasteiger partial charge < -0.3 is 10.2 Å². The zero-order valence-corrected chi connectivity index (χ0v) is 17.3. The average molecular weight is 428 g/mol. The van der Waals surface area contributed by atoms with Crippen LogP contribution in [0.4, 0.5) is 24.5 Å². The van der Waals surface area contributed by atoms with Gasteiger partial charge in [0.2, 0.25) is 0 Å². The molecule has 1 N–H and O–H groups in total. The zero-order chi connectivity index (χ0) is 22.2. The Kier molecular flexibility index (Phi) is 5.56. The van der Waals surface area contributed by atoms with Crippen LogP contribution in [-0.4, -0.2) is 33.4 Å². The van der Waals surface area contributed by atoms with Gasteiger partial charge in [0.25, 0.3) is 5.91 Å². The molecule has 1 aliphatic rings. The second-order valence-corrected chi connectivity index (χ2v) is 7.92. The maximum absolute atomic E-state index is 13.4. The maximum Gasteiger partial charge on any atom is 0.416 e. The molecule has 2 aromatic heterocycles. The van der Waals surface area contributed by atoms with E-state index in [-0.39, 0.29) is 17.6 Å². The highest BCUT2D eigenvalue weighted by molar-refractivity contribution is 6.07. The van der Waals surface area contributed by atoms with E-state index < -0.39 is 11.7 Å². The van der Waals surface area contributed by atoms with Crippen molar-refractivity contribution in [2.24, 2.45) is 0 Å². The summed E-state index contributed by atoms with van der Waals surface area (Å²) in [5.41, 5.74) is 1.40. The van der Waals surface area contributed by atoms with Crippen LogP contribution in [0.1, 0.15) is 47.8 Å². The van der Waals surface area contributed by atoms with E-state index in [2.05, 4.69) is 15.3 Å². The van der Waals surface area contributed by atoms with Crippen molar-refractivity contribution in [2.75, 3.05) is 11.9 Å². The lowest BCUT2D eigenvalue weighted by molar-refractivity contribution is -0.137. The Morgan fingerprint density at radius 1 is 1.19 bits per heavy atom. The molecule has 0 radical (unpaired) electrons. The van der Waals surface area contributed by atoms with Crippen LogP contribution in [0.3, 0.4) is 0 Å². The van der Waals surface area contributed by atoms with E-state index in [0.717, 1.165) is 37.1 Å². The summed E-state index contributed by atoms with van der Waals surface area (Å²) >= 11 is 0. The monoisotopic (exact) mass is 428 g/mol. The summed E-state index contributed by atoms with van der Waals surface area (Å²) in [6.07, 6.45) is -0.0789. The SMILES string of the molecule is Cc1ccc2c(Nc3cccc(C(F)(F)F)c3)c(C(=O)N3CCCC[C@H]3C)cnc2n1. The largest absolute Gasteiger partial charge is 0.416 e. The van der Waals surface area contributed by atoms with Crippen molar-refractivity contribution in [3.05, 3.63) is 59.4 Å². The van der Waals surface area contributed by atoms with E-state index >= 15 is 0 Å². The molecule has 1 amide bonds. The molecule has 3 heterocycles. The van der Waals surface area contributed by atoms with Crippen LogP contribution in [0, 0.1) is 6.92 Å². The minimum absolute atomic E-state index is 0.0921. The molecule has 1 atom stereocenters. The Balaban J connectivity index is 1.82. The maximum atomic E-state index is 13.4. The third kappa shape index (κ3) is 4.33. The Labute approximate surface area is 178 Å². The van der Waals surface area contributed by atoms with E-state index in [1.54, 1.807) is 18.2 Å². The predicted molar refractivity (Wildman–Crippen MR) is 113 cm³/mol. The summed E-state index contributed by atoms with van der Waals surface area (Å²) in [5, 5.41) is 3.64. The highest BCUT2D eigenvalue weighted by atomic mass is 19.4. The zero-order valence-electron chi connectivity index (χ0n) is 17.3.